The molecule has 0 bridgehead atoms. The van der Waals surface area contributed by atoms with Crippen molar-refractivity contribution in [3.05, 3.63) is 47.3 Å². The number of carbonyl (C=O) groups is 1. The zero-order valence-corrected chi connectivity index (χ0v) is 16.7. The summed E-state index contributed by atoms with van der Waals surface area (Å²) in [6.45, 7) is 14.5. The van der Waals surface area contributed by atoms with Gasteiger partial charge >= 0.3 is 0 Å². The monoisotopic (exact) mass is 349 g/mol. The van der Waals surface area contributed by atoms with Crippen LogP contribution in [0.2, 0.25) is 0 Å². The molecule has 0 amide bonds. The van der Waals surface area contributed by atoms with Crippen molar-refractivity contribution in [1.29, 1.82) is 0 Å². The summed E-state index contributed by atoms with van der Waals surface area (Å²) < 4.78 is 0. The van der Waals surface area contributed by atoms with Crippen LogP contribution in [0.25, 0.3) is 22.4 Å². The zero-order chi connectivity index (χ0) is 19.3. The van der Waals surface area contributed by atoms with E-state index >= 15 is 0 Å². The largest absolute Gasteiger partial charge is 0.344 e. The number of hydrogen-bond acceptors (Lipinski definition) is 3. The lowest BCUT2D eigenvalue weighted by molar-refractivity contribution is 0.0860. The van der Waals surface area contributed by atoms with E-state index in [4.69, 9.17) is 4.98 Å². The maximum Gasteiger partial charge on any atom is 0.171 e. The first-order valence-electron chi connectivity index (χ1n) is 8.98. The molecule has 0 aliphatic carbocycles. The van der Waals surface area contributed by atoms with Gasteiger partial charge in [0.2, 0.25) is 0 Å². The van der Waals surface area contributed by atoms with E-state index in [1.54, 1.807) is 12.4 Å². The molecule has 26 heavy (non-hydrogen) atoms. The van der Waals surface area contributed by atoms with Gasteiger partial charge in [0.25, 0.3) is 0 Å². The van der Waals surface area contributed by atoms with Gasteiger partial charge in [-0.25, -0.2) is 9.97 Å². The minimum Gasteiger partial charge on any atom is -0.344 e. The number of benzene rings is 1. The molecular weight excluding hydrogens is 322 g/mol. The van der Waals surface area contributed by atoms with Crippen LogP contribution in [-0.2, 0) is 5.41 Å². The first kappa shape index (κ1) is 18.3. The fourth-order valence-electron chi connectivity index (χ4n) is 2.97. The van der Waals surface area contributed by atoms with Gasteiger partial charge in [-0.3, -0.25) is 4.79 Å². The third-order valence-corrected chi connectivity index (χ3v) is 4.55. The Hall–Kier alpha value is -2.49. The van der Waals surface area contributed by atoms with E-state index in [9.17, 15) is 4.79 Å². The Balaban J connectivity index is 2.16. The van der Waals surface area contributed by atoms with E-state index in [1.807, 2.05) is 20.8 Å². The molecule has 0 aliphatic rings. The lowest BCUT2D eigenvalue weighted by Crippen LogP contribution is -2.20. The lowest BCUT2D eigenvalue weighted by atomic mass is 9.85. The fourth-order valence-corrected chi connectivity index (χ4v) is 2.97. The highest BCUT2D eigenvalue weighted by atomic mass is 16.1. The Morgan fingerprint density at radius 1 is 1.04 bits per heavy atom. The van der Waals surface area contributed by atoms with Crippen molar-refractivity contribution in [1.82, 2.24) is 15.0 Å². The maximum absolute atomic E-state index is 12.7. The number of Topliss-reactive ketones (excluding diaryl/α,β-unsaturated/α-hetero) is 1. The third-order valence-electron chi connectivity index (χ3n) is 4.55. The average Bonchev–Trinajstić information content (AvgIpc) is 2.94. The summed E-state index contributed by atoms with van der Waals surface area (Å²) in [5.41, 5.74) is 5.74. The third kappa shape index (κ3) is 3.41. The number of nitrogens with zero attached hydrogens (tertiary/aromatic N) is 2. The molecule has 0 aliphatic heterocycles. The van der Waals surface area contributed by atoms with Gasteiger partial charge in [-0.15, -0.1) is 0 Å². The van der Waals surface area contributed by atoms with Gasteiger partial charge in [-0.05, 0) is 30.0 Å². The molecule has 1 N–H and O–H groups in total. The molecule has 4 heteroatoms. The van der Waals surface area contributed by atoms with E-state index in [0.29, 0.717) is 16.7 Å². The van der Waals surface area contributed by atoms with Gasteiger partial charge in [0, 0.05) is 17.2 Å². The number of H-pyrrole nitrogens is 1. The Morgan fingerprint density at radius 2 is 1.73 bits per heavy atom. The predicted octanol–water partition coefficient (Wildman–Crippen LogP) is 5.46. The van der Waals surface area contributed by atoms with Gasteiger partial charge in [0.15, 0.2) is 11.4 Å². The lowest BCUT2D eigenvalue weighted by Gasteiger charge is -2.20. The first-order chi connectivity index (χ1) is 12.0. The van der Waals surface area contributed by atoms with E-state index < -0.39 is 5.41 Å². The minimum absolute atomic E-state index is 0.0553. The molecule has 1 aromatic carbocycles. The van der Waals surface area contributed by atoms with Crippen molar-refractivity contribution >= 4 is 16.9 Å². The highest BCUT2D eigenvalue weighted by molar-refractivity contribution is 6.08. The van der Waals surface area contributed by atoms with E-state index in [1.165, 1.54) is 11.1 Å². The van der Waals surface area contributed by atoms with Crippen LogP contribution in [-0.4, -0.2) is 20.7 Å². The molecule has 3 aromatic rings. The van der Waals surface area contributed by atoms with E-state index in [2.05, 4.69) is 55.9 Å². The molecule has 0 unspecified atom stereocenters. The second-order valence-electron chi connectivity index (χ2n) is 9.07. The van der Waals surface area contributed by atoms with E-state index in [0.717, 1.165) is 11.3 Å². The molecule has 136 valence electrons. The highest BCUT2D eigenvalue weighted by Crippen LogP contribution is 2.30. The number of ketones is 1. The molecule has 4 nitrogen and oxygen atoms in total. The normalized spacial score (nSPS) is 12.6. The maximum atomic E-state index is 12.7. The molecule has 0 spiro atoms. The quantitative estimate of drug-likeness (QED) is 0.625. The number of carbonyl (C=O) groups excluding carboxylic acids is 1. The number of nitrogens with one attached hydrogen (secondary N) is 1. The number of hydrogen-bond donors (Lipinski definition) is 1. The van der Waals surface area contributed by atoms with Crippen LogP contribution in [0, 0.1) is 12.3 Å². The van der Waals surface area contributed by atoms with Crippen LogP contribution in [0.4, 0.5) is 0 Å². The second kappa shape index (κ2) is 6.04. The average molecular weight is 349 g/mol. The van der Waals surface area contributed by atoms with Crippen molar-refractivity contribution < 1.29 is 4.79 Å². The molecule has 0 saturated heterocycles. The minimum atomic E-state index is -0.463. The van der Waals surface area contributed by atoms with Crippen molar-refractivity contribution in [2.24, 2.45) is 5.41 Å². The number of aromatic amines is 1. The summed E-state index contributed by atoms with van der Waals surface area (Å²) >= 11 is 0. The number of aromatic nitrogens is 3. The van der Waals surface area contributed by atoms with Gasteiger partial charge in [-0.2, -0.15) is 0 Å². The topological polar surface area (TPSA) is 58.6 Å². The van der Waals surface area contributed by atoms with Gasteiger partial charge in [-0.1, -0.05) is 53.2 Å². The zero-order valence-electron chi connectivity index (χ0n) is 16.7. The second-order valence-corrected chi connectivity index (χ2v) is 9.07. The Labute approximate surface area is 155 Å². The summed E-state index contributed by atoms with van der Waals surface area (Å²) in [4.78, 5) is 25.1. The molecular formula is C22H27N3O. The Kier molecular flexibility index (Phi) is 4.26. The molecule has 2 heterocycles. The molecule has 2 aromatic heterocycles. The summed E-state index contributed by atoms with van der Waals surface area (Å²) in [6, 6.07) is 6.49. The van der Waals surface area contributed by atoms with Crippen LogP contribution >= 0.6 is 0 Å². The Morgan fingerprint density at radius 3 is 2.35 bits per heavy atom. The standard InChI is InChI=1S/C22H27N3O/c1-13-8-14(10-15(9-13)21(2,3)4)17-12-24-20-18(25-17)16(11-23-20)19(26)22(5,6)7/h8-12H,1-7H3,(H,23,24). The SMILES string of the molecule is Cc1cc(-c2cnc3[nH]cc(C(=O)C(C)(C)C)c3n2)cc(C(C)(C)C)c1. The van der Waals surface area contributed by atoms with Crippen LogP contribution in [0.1, 0.15) is 63.0 Å². The molecule has 0 atom stereocenters. The predicted molar refractivity (Wildman–Crippen MR) is 107 cm³/mol. The summed E-state index contributed by atoms with van der Waals surface area (Å²) in [7, 11) is 0. The Bertz CT molecular complexity index is 985. The van der Waals surface area contributed by atoms with Gasteiger partial charge in [0.1, 0.15) is 5.52 Å². The van der Waals surface area contributed by atoms with Crippen LogP contribution < -0.4 is 0 Å². The first-order valence-corrected chi connectivity index (χ1v) is 8.98. The van der Waals surface area contributed by atoms with Crippen molar-refractivity contribution in [3.63, 3.8) is 0 Å². The molecule has 0 radical (unpaired) electrons. The van der Waals surface area contributed by atoms with Crippen molar-refractivity contribution in [2.75, 3.05) is 0 Å². The van der Waals surface area contributed by atoms with Crippen molar-refractivity contribution in [2.45, 2.75) is 53.9 Å². The number of rotatable bonds is 2. The van der Waals surface area contributed by atoms with Crippen LogP contribution in [0.3, 0.4) is 0 Å². The van der Waals surface area contributed by atoms with Gasteiger partial charge in [0.05, 0.1) is 17.5 Å². The number of fused-ring (bicyclic) bond motifs is 1. The van der Waals surface area contributed by atoms with Gasteiger partial charge < -0.3 is 4.98 Å². The molecule has 0 fully saturated rings. The van der Waals surface area contributed by atoms with Crippen molar-refractivity contribution in [3.8, 4) is 11.3 Å². The molecule has 0 saturated carbocycles. The van der Waals surface area contributed by atoms with Crippen LogP contribution in [0.5, 0.6) is 0 Å². The summed E-state index contributed by atoms with van der Waals surface area (Å²) in [6.07, 6.45) is 3.49. The van der Waals surface area contributed by atoms with Crippen LogP contribution in [0.15, 0.2) is 30.6 Å². The molecule has 3 rings (SSSR count). The summed E-state index contributed by atoms with van der Waals surface area (Å²) in [5, 5.41) is 0. The highest BCUT2D eigenvalue weighted by Gasteiger charge is 2.26. The van der Waals surface area contributed by atoms with E-state index in [-0.39, 0.29) is 11.2 Å². The fraction of sp³-hybridized carbons (Fsp3) is 0.409. The summed E-state index contributed by atoms with van der Waals surface area (Å²) in [5.74, 6) is 0.0647. The number of aryl methyl sites for hydroxylation is 1. The smallest absolute Gasteiger partial charge is 0.171 e.